The molecule has 0 aliphatic carbocycles. The van der Waals surface area contributed by atoms with E-state index >= 15 is 0 Å². The predicted octanol–water partition coefficient (Wildman–Crippen LogP) is 0.101. The van der Waals surface area contributed by atoms with Gasteiger partial charge in [0.05, 0.1) is 5.92 Å². The fourth-order valence-corrected chi connectivity index (χ4v) is 1.81. The number of nitrogens with one attached hydrogen (secondary N) is 2. The second-order valence-corrected chi connectivity index (χ2v) is 4.52. The Kier molecular flexibility index (Phi) is 5.21. The van der Waals surface area contributed by atoms with E-state index in [1.807, 2.05) is 0 Å². The minimum atomic E-state index is -0.894. The number of amides is 2. The molecule has 17 heavy (non-hydrogen) atoms. The third kappa shape index (κ3) is 4.22. The molecule has 0 aromatic heterocycles. The maximum absolute atomic E-state index is 11.8. The number of urea groups is 1. The molecule has 0 radical (unpaired) electrons. The van der Waals surface area contributed by atoms with Gasteiger partial charge in [-0.25, -0.2) is 4.79 Å². The van der Waals surface area contributed by atoms with Crippen LogP contribution >= 0.6 is 0 Å². The highest BCUT2D eigenvalue weighted by molar-refractivity contribution is 5.76. The summed E-state index contributed by atoms with van der Waals surface area (Å²) in [6, 6.07) is 0.0568. The molecule has 1 unspecified atom stereocenters. The summed E-state index contributed by atoms with van der Waals surface area (Å²) in [5.74, 6) is -1.45. The zero-order chi connectivity index (χ0) is 12.8. The van der Waals surface area contributed by atoms with Crippen LogP contribution in [0.5, 0.6) is 0 Å². The minimum absolute atomic E-state index is 0.170. The molecule has 1 fully saturated rings. The molecule has 1 rings (SSSR count). The number of piperidine rings is 1. The van der Waals surface area contributed by atoms with Gasteiger partial charge in [0.2, 0.25) is 0 Å². The van der Waals surface area contributed by atoms with Gasteiger partial charge in [-0.05, 0) is 25.9 Å². The van der Waals surface area contributed by atoms with Gasteiger partial charge < -0.3 is 20.6 Å². The van der Waals surface area contributed by atoms with Crippen molar-refractivity contribution in [2.45, 2.75) is 25.8 Å². The Morgan fingerprint density at radius 3 is 2.59 bits per heavy atom. The maximum Gasteiger partial charge on any atom is 0.317 e. The third-order valence-electron chi connectivity index (χ3n) is 3.16. The number of carbonyl (C=O) groups excluding carboxylic acids is 1. The Labute approximate surface area is 101 Å². The van der Waals surface area contributed by atoms with E-state index < -0.39 is 11.9 Å². The molecule has 1 saturated heterocycles. The van der Waals surface area contributed by atoms with Crippen molar-refractivity contribution < 1.29 is 14.7 Å². The lowest BCUT2D eigenvalue weighted by atomic mass is 10.1. The SMILES string of the molecule is CC(CNC(=O)N(C)C1CCNCC1)C(=O)O. The molecular weight excluding hydrogens is 222 g/mol. The van der Waals surface area contributed by atoms with E-state index in [2.05, 4.69) is 10.6 Å². The van der Waals surface area contributed by atoms with Crippen molar-refractivity contribution in [2.24, 2.45) is 5.92 Å². The number of hydrogen-bond donors (Lipinski definition) is 3. The van der Waals surface area contributed by atoms with Crippen LogP contribution in [0.4, 0.5) is 4.79 Å². The molecule has 1 heterocycles. The first-order chi connectivity index (χ1) is 8.02. The zero-order valence-electron chi connectivity index (χ0n) is 10.4. The number of aliphatic carboxylic acids is 1. The van der Waals surface area contributed by atoms with Gasteiger partial charge in [-0.2, -0.15) is 0 Å². The van der Waals surface area contributed by atoms with E-state index in [1.54, 1.807) is 18.9 Å². The van der Waals surface area contributed by atoms with Gasteiger partial charge in [0.25, 0.3) is 0 Å². The van der Waals surface area contributed by atoms with Gasteiger partial charge in [0.1, 0.15) is 0 Å². The molecule has 0 aromatic rings. The van der Waals surface area contributed by atoms with Crippen molar-refractivity contribution in [1.82, 2.24) is 15.5 Å². The molecule has 0 spiro atoms. The van der Waals surface area contributed by atoms with E-state index in [9.17, 15) is 9.59 Å². The smallest absolute Gasteiger partial charge is 0.317 e. The number of hydrogen-bond acceptors (Lipinski definition) is 3. The van der Waals surface area contributed by atoms with Gasteiger partial charge in [0.15, 0.2) is 0 Å². The number of carboxylic acids is 1. The normalized spacial score (nSPS) is 18.5. The molecule has 0 bridgehead atoms. The lowest BCUT2D eigenvalue weighted by molar-refractivity contribution is -0.140. The highest BCUT2D eigenvalue weighted by atomic mass is 16.4. The Morgan fingerprint density at radius 2 is 2.06 bits per heavy atom. The third-order valence-corrected chi connectivity index (χ3v) is 3.16. The van der Waals surface area contributed by atoms with Crippen LogP contribution in [0.1, 0.15) is 19.8 Å². The molecule has 1 aliphatic rings. The molecule has 98 valence electrons. The molecule has 3 N–H and O–H groups in total. The molecule has 1 atom stereocenters. The Balaban J connectivity index is 2.33. The predicted molar refractivity (Wildman–Crippen MR) is 63.9 cm³/mol. The summed E-state index contributed by atoms with van der Waals surface area (Å²) in [5, 5.41) is 14.6. The topological polar surface area (TPSA) is 81.7 Å². The summed E-state index contributed by atoms with van der Waals surface area (Å²) in [6.45, 7) is 3.60. The Hall–Kier alpha value is -1.30. The number of nitrogens with zero attached hydrogens (tertiary/aromatic N) is 1. The number of carbonyl (C=O) groups is 2. The van der Waals surface area contributed by atoms with Crippen molar-refractivity contribution in [3.63, 3.8) is 0 Å². The van der Waals surface area contributed by atoms with E-state index in [0.717, 1.165) is 25.9 Å². The second-order valence-electron chi connectivity index (χ2n) is 4.52. The maximum atomic E-state index is 11.8. The second kappa shape index (κ2) is 6.44. The van der Waals surface area contributed by atoms with Crippen molar-refractivity contribution in [3.8, 4) is 0 Å². The van der Waals surface area contributed by atoms with Gasteiger partial charge >= 0.3 is 12.0 Å². The lowest BCUT2D eigenvalue weighted by Crippen LogP contribution is -2.48. The van der Waals surface area contributed by atoms with Crippen LogP contribution in [-0.4, -0.2) is 54.7 Å². The summed E-state index contributed by atoms with van der Waals surface area (Å²) < 4.78 is 0. The van der Waals surface area contributed by atoms with E-state index in [-0.39, 0.29) is 18.6 Å². The monoisotopic (exact) mass is 243 g/mol. The average Bonchev–Trinajstić information content (AvgIpc) is 2.35. The van der Waals surface area contributed by atoms with Crippen LogP contribution in [0.3, 0.4) is 0 Å². The van der Waals surface area contributed by atoms with Crippen LogP contribution in [0, 0.1) is 5.92 Å². The van der Waals surface area contributed by atoms with E-state index in [4.69, 9.17) is 5.11 Å². The Morgan fingerprint density at radius 1 is 1.47 bits per heavy atom. The van der Waals surface area contributed by atoms with Gasteiger partial charge in [0, 0.05) is 19.6 Å². The first kappa shape index (κ1) is 13.8. The average molecular weight is 243 g/mol. The molecule has 6 nitrogen and oxygen atoms in total. The standard InChI is InChI=1S/C11H21N3O3/c1-8(10(15)16)7-13-11(17)14(2)9-3-5-12-6-4-9/h8-9,12H,3-7H2,1-2H3,(H,13,17)(H,15,16). The van der Waals surface area contributed by atoms with Gasteiger partial charge in [-0.15, -0.1) is 0 Å². The highest BCUT2D eigenvalue weighted by Crippen LogP contribution is 2.09. The largest absolute Gasteiger partial charge is 0.481 e. The van der Waals surface area contributed by atoms with Crippen LogP contribution < -0.4 is 10.6 Å². The number of carboxylic acid groups (broad SMARTS) is 1. The number of rotatable bonds is 4. The molecule has 0 saturated carbocycles. The molecule has 0 aromatic carbocycles. The van der Waals surface area contributed by atoms with Crippen LogP contribution in [0.15, 0.2) is 0 Å². The van der Waals surface area contributed by atoms with Crippen LogP contribution in [0.25, 0.3) is 0 Å². The first-order valence-electron chi connectivity index (χ1n) is 5.96. The minimum Gasteiger partial charge on any atom is -0.481 e. The molecule has 2 amide bonds. The summed E-state index contributed by atoms with van der Waals surface area (Å²) in [6.07, 6.45) is 1.89. The van der Waals surface area contributed by atoms with Crippen LogP contribution in [-0.2, 0) is 4.79 Å². The zero-order valence-corrected chi connectivity index (χ0v) is 10.4. The van der Waals surface area contributed by atoms with E-state index in [0.29, 0.717) is 0 Å². The van der Waals surface area contributed by atoms with Crippen molar-refractivity contribution >= 4 is 12.0 Å². The summed E-state index contributed by atoms with van der Waals surface area (Å²) in [5.41, 5.74) is 0. The highest BCUT2D eigenvalue weighted by Gasteiger charge is 2.22. The quantitative estimate of drug-likeness (QED) is 0.654. The van der Waals surface area contributed by atoms with Gasteiger partial charge in [-0.1, -0.05) is 6.92 Å². The van der Waals surface area contributed by atoms with Crippen molar-refractivity contribution in [3.05, 3.63) is 0 Å². The van der Waals surface area contributed by atoms with Gasteiger partial charge in [-0.3, -0.25) is 4.79 Å². The summed E-state index contributed by atoms with van der Waals surface area (Å²) in [7, 11) is 1.76. The van der Waals surface area contributed by atoms with Crippen molar-refractivity contribution in [1.29, 1.82) is 0 Å². The molecule has 6 heteroatoms. The Bertz CT molecular complexity index is 277. The molecule has 1 aliphatic heterocycles. The van der Waals surface area contributed by atoms with Crippen molar-refractivity contribution in [2.75, 3.05) is 26.7 Å². The fraction of sp³-hybridized carbons (Fsp3) is 0.818. The molecular formula is C11H21N3O3. The van der Waals surface area contributed by atoms with Crippen LogP contribution in [0.2, 0.25) is 0 Å². The fourth-order valence-electron chi connectivity index (χ4n) is 1.81. The lowest BCUT2D eigenvalue weighted by Gasteiger charge is -2.31. The van der Waals surface area contributed by atoms with E-state index in [1.165, 1.54) is 0 Å². The summed E-state index contributed by atoms with van der Waals surface area (Å²) >= 11 is 0. The first-order valence-corrected chi connectivity index (χ1v) is 5.96. The summed E-state index contributed by atoms with van der Waals surface area (Å²) in [4.78, 5) is 24.1.